The molecule has 0 saturated heterocycles. The van der Waals surface area contributed by atoms with E-state index >= 15 is 0 Å². The van der Waals surface area contributed by atoms with Crippen LogP contribution < -0.4 is 0 Å². The van der Waals surface area contributed by atoms with Crippen LogP contribution in [0.5, 0.6) is 0 Å². The molecule has 18 heavy (non-hydrogen) atoms. The van der Waals surface area contributed by atoms with E-state index in [4.69, 9.17) is 12.2 Å². The maximum absolute atomic E-state index is 5.42. The molecule has 0 atom stereocenters. The molecule has 0 unspecified atom stereocenters. The molecule has 0 spiro atoms. The molecule has 0 fully saturated rings. The zero-order chi connectivity index (χ0) is 13.1. The number of hydrogen-bond acceptors (Lipinski definition) is 2. The first kappa shape index (κ1) is 13.3. The second-order valence-corrected chi connectivity index (χ2v) is 5.13. The van der Waals surface area contributed by atoms with Gasteiger partial charge in [-0.3, -0.25) is 0 Å². The summed E-state index contributed by atoms with van der Waals surface area (Å²) in [6, 6.07) is 0. The number of aromatic amines is 1. The second-order valence-electron chi connectivity index (χ2n) is 4.74. The molecule has 4 nitrogen and oxygen atoms in total. The van der Waals surface area contributed by atoms with E-state index in [9.17, 15) is 0 Å². The number of nitrogens with zero attached hydrogens (tertiary/aromatic N) is 3. The Morgan fingerprint density at radius 3 is 2.67 bits per heavy atom. The predicted octanol–water partition coefficient (Wildman–Crippen LogP) is 3.80. The lowest BCUT2D eigenvalue weighted by Crippen LogP contribution is -2.05. The molecular formula is C13H22N4S. The topological polar surface area (TPSA) is 38.5 Å². The van der Waals surface area contributed by atoms with Crippen molar-refractivity contribution in [2.45, 2.75) is 59.5 Å². The molecule has 1 N–H and O–H groups in total. The Morgan fingerprint density at radius 1 is 1.22 bits per heavy atom. The first-order chi connectivity index (χ1) is 8.69. The summed E-state index contributed by atoms with van der Waals surface area (Å²) < 4.78 is 5.06. The van der Waals surface area contributed by atoms with Gasteiger partial charge < -0.3 is 9.55 Å². The molecule has 2 aromatic heterocycles. The number of unbranched alkanes of at least 4 members (excludes halogenated alkanes) is 3. The predicted molar refractivity (Wildman–Crippen MR) is 77.5 cm³/mol. The Labute approximate surface area is 113 Å². The minimum atomic E-state index is 0.823. The van der Waals surface area contributed by atoms with Crippen LogP contribution in [-0.4, -0.2) is 19.3 Å². The molecule has 0 aromatic carbocycles. The molecule has 0 saturated carbocycles. The van der Waals surface area contributed by atoms with Crippen molar-refractivity contribution in [3.63, 3.8) is 0 Å². The van der Waals surface area contributed by atoms with Gasteiger partial charge in [-0.25, -0.2) is 4.68 Å². The van der Waals surface area contributed by atoms with E-state index in [1.807, 2.05) is 11.6 Å². The lowest BCUT2D eigenvalue weighted by atomic mass is 10.2. The zero-order valence-electron chi connectivity index (χ0n) is 11.5. The molecule has 100 valence electrons. The average molecular weight is 266 g/mol. The van der Waals surface area contributed by atoms with Gasteiger partial charge in [0.2, 0.25) is 0 Å². The molecule has 2 aromatic rings. The summed E-state index contributed by atoms with van der Waals surface area (Å²) >= 11 is 5.42. The van der Waals surface area contributed by atoms with Gasteiger partial charge in [0.15, 0.2) is 10.4 Å². The van der Waals surface area contributed by atoms with Gasteiger partial charge in [-0.1, -0.05) is 26.2 Å². The van der Waals surface area contributed by atoms with Crippen molar-refractivity contribution in [3.8, 4) is 0 Å². The fourth-order valence-corrected chi connectivity index (χ4v) is 2.66. The summed E-state index contributed by atoms with van der Waals surface area (Å²) in [5.74, 6) is 0. The van der Waals surface area contributed by atoms with Crippen molar-refractivity contribution < 1.29 is 0 Å². The molecule has 0 radical (unpaired) electrons. The van der Waals surface area contributed by atoms with E-state index in [1.165, 1.54) is 25.7 Å². The van der Waals surface area contributed by atoms with E-state index in [0.717, 1.165) is 34.7 Å². The highest BCUT2D eigenvalue weighted by atomic mass is 32.1. The zero-order valence-corrected chi connectivity index (χ0v) is 12.3. The summed E-state index contributed by atoms with van der Waals surface area (Å²) in [7, 11) is 0. The van der Waals surface area contributed by atoms with Crippen molar-refractivity contribution in [2.24, 2.45) is 0 Å². The van der Waals surface area contributed by atoms with E-state index < -0.39 is 0 Å². The van der Waals surface area contributed by atoms with Gasteiger partial charge in [0.1, 0.15) is 5.52 Å². The van der Waals surface area contributed by atoms with Gasteiger partial charge in [-0.2, -0.15) is 5.10 Å². The molecule has 0 aliphatic heterocycles. The van der Waals surface area contributed by atoms with Crippen LogP contribution in [0.15, 0.2) is 0 Å². The van der Waals surface area contributed by atoms with Crippen LogP contribution in [-0.2, 0) is 13.1 Å². The Morgan fingerprint density at radius 2 is 2.00 bits per heavy atom. The molecule has 2 rings (SSSR count). The van der Waals surface area contributed by atoms with Crippen LogP contribution in [0.2, 0.25) is 0 Å². The Bertz CT molecular complexity index is 576. The Kier molecular flexibility index (Phi) is 4.22. The van der Waals surface area contributed by atoms with Crippen molar-refractivity contribution in [1.29, 1.82) is 0 Å². The fourth-order valence-electron chi connectivity index (χ4n) is 2.39. The van der Waals surface area contributed by atoms with E-state index in [-0.39, 0.29) is 0 Å². The van der Waals surface area contributed by atoms with Gasteiger partial charge in [0, 0.05) is 13.1 Å². The highest BCUT2D eigenvalue weighted by molar-refractivity contribution is 7.71. The summed E-state index contributed by atoms with van der Waals surface area (Å²) in [4.78, 5) is 3.29. The van der Waals surface area contributed by atoms with E-state index in [1.54, 1.807) is 0 Å². The first-order valence-corrected chi connectivity index (χ1v) is 7.25. The van der Waals surface area contributed by atoms with Gasteiger partial charge in [-0.15, -0.1) is 0 Å². The molecular weight excluding hydrogens is 244 g/mol. The highest BCUT2D eigenvalue weighted by Gasteiger charge is 2.13. The van der Waals surface area contributed by atoms with Crippen LogP contribution in [0, 0.1) is 11.7 Å². The van der Waals surface area contributed by atoms with Crippen LogP contribution in [0.25, 0.3) is 11.2 Å². The molecule has 0 aliphatic carbocycles. The summed E-state index contributed by atoms with van der Waals surface area (Å²) in [5.41, 5.74) is 3.28. The number of H-pyrrole nitrogens is 1. The van der Waals surface area contributed by atoms with Crippen LogP contribution in [0.4, 0.5) is 0 Å². The van der Waals surface area contributed by atoms with Crippen LogP contribution >= 0.6 is 12.2 Å². The number of hydrogen-bond donors (Lipinski definition) is 1. The normalized spacial score (nSPS) is 11.5. The number of imidazole rings is 1. The third kappa shape index (κ3) is 2.36. The third-order valence-corrected chi connectivity index (χ3v) is 3.69. The fraction of sp³-hybridized carbons (Fsp3) is 0.692. The van der Waals surface area contributed by atoms with Crippen molar-refractivity contribution in [1.82, 2.24) is 19.3 Å². The summed E-state index contributed by atoms with van der Waals surface area (Å²) in [6.45, 7) is 8.25. The monoisotopic (exact) mass is 266 g/mol. The Balaban J connectivity index is 2.31. The molecule has 0 aliphatic rings. The van der Waals surface area contributed by atoms with Crippen LogP contribution in [0.1, 0.15) is 45.2 Å². The quantitative estimate of drug-likeness (QED) is 0.638. The standard InChI is InChI=1S/C13H22N4S/c1-4-6-7-8-9-16-12-11(14-13(16)18)10(3)15-17(12)5-2/h4-9H2,1-3H3,(H,14,18). The number of nitrogens with one attached hydrogen (secondary N) is 1. The van der Waals surface area contributed by atoms with E-state index in [2.05, 4.69) is 28.5 Å². The average Bonchev–Trinajstić information content (AvgIpc) is 2.83. The lowest BCUT2D eigenvalue weighted by Gasteiger charge is -2.05. The molecule has 2 heterocycles. The first-order valence-electron chi connectivity index (χ1n) is 6.85. The van der Waals surface area contributed by atoms with E-state index in [0.29, 0.717) is 0 Å². The van der Waals surface area contributed by atoms with Gasteiger partial charge >= 0.3 is 0 Å². The second kappa shape index (κ2) is 5.69. The van der Waals surface area contributed by atoms with Crippen molar-refractivity contribution in [3.05, 3.63) is 10.5 Å². The van der Waals surface area contributed by atoms with Gasteiger partial charge in [0.25, 0.3) is 0 Å². The maximum Gasteiger partial charge on any atom is 0.179 e. The van der Waals surface area contributed by atoms with Crippen molar-refractivity contribution in [2.75, 3.05) is 0 Å². The Hall–Kier alpha value is -1.10. The summed E-state index contributed by atoms with van der Waals surface area (Å²) in [6.07, 6.45) is 5.01. The van der Waals surface area contributed by atoms with Gasteiger partial charge in [-0.05, 0) is 32.5 Å². The number of aromatic nitrogens is 4. The van der Waals surface area contributed by atoms with Crippen molar-refractivity contribution >= 4 is 23.4 Å². The number of aryl methyl sites for hydroxylation is 3. The highest BCUT2D eigenvalue weighted by Crippen LogP contribution is 2.18. The van der Waals surface area contributed by atoms with Crippen LogP contribution in [0.3, 0.4) is 0 Å². The largest absolute Gasteiger partial charge is 0.328 e. The molecule has 0 bridgehead atoms. The summed E-state index contributed by atoms with van der Waals surface area (Å²) in [5, 5.41) is 4.53. The smallest absolute Gasteiger partial charge is 0.179 e. The third-order valence-electron chi connectivity index (χ3n) is 3.37. The SMILES string of the molecule is CCCCCCn1c(=S)[nH]c2c(C)nn(CC)c21. The molecule has 0 amide bonds. The number of rotatable bonds is 6. The lowest BCUT2D eigenvalue weighted by molar-refractivity contribution is 0.568. The minimum Gasteiger partial charge on any atom is -0.328 e. The number of fused-ring (bicyclic) bond motifs is 1. The minimum absolute atomic E-state index is 0.823. The molecule has 5 heteroatoms. The van der Waals surface area contributed by atoms with Gasteiger partial charge in [0.05, 0.1) is 5.69 Å². The maximum atomic E-state index is 5.42.